The second kappa shape index (κ2) is 8.73. The van der Waals surface area contributed by atoms with E-state index < -0.39 is 5.67 Å². The van der Waals surface area contributed by atoms with Gasteiger partial charge in [0.25, 0.3) is 5.91 Å². The summed E-state index contributed by atoms with van der Waals surface area (Å²) in [5.74, 6) is -0.475. The van der Waals surface area contributed by atoms with Gasteiger partial charge >= 0.3 is 0 Å². The van der Waals surface area contributed by atoms with Crippen LogP contribution in [0.15, 0.2) is 71.2 Å². The smallest absolute Gasteiger partial charge is 0.254 e. The number of allylic oxidation sites excluding steroid dienone is 3. The number of nitrogens with one attached hydrogen (secondary N) is 1. The average molecular weight is 436 g/mol. The SMILES string of the molecule is CC(C=C[C@]1(F)CC1c1ccc(Cl)c(Cl)c1)=CC(=O)NSc1ccccc1C. The van der Waals surface area contributed by atoms with E-state index in [-0.39, 0.29) is 11.8 Å². The van der Waals surface area contributed by atoms with Crippen molar-refractivity contribution >= 4 is 41.1 Å². The summed E-state index contributed by atoms with van der Waals surface area (Å²) < 4.78 is 17.7. The molecule has 1 amide bonds. The summed E-state index contributed by atoms with van der Waals surface area (Å²) in [6.45, 7) is 3.76. The number of carbonyl (C=O) groups excluding carboxylic acids is 1. The van der Waals surface area contributed by atoms with Gasteiger partial charge in [0.1, 0.15) is 5.67 Å². The largest absolute Gasteiger partial charge is 0.292 e. The first-order chi connectivity index (χ1) is 13.3. The molecule has 0 heterocycles. The van der Waals surface area contributed by atoms with Crippen LogP contribution in [0.5, 0.6) is 0 Å². The molecule has 1 aliphatic carbocycles. The van der Waals surface area contributed by atoms with E-state index >= 15 is 0 Å². The molecule has 1 aliphatic rings. The van der Waals surface area contributed by atoms with Gasteiger partial charge in [-0.1, -0.05) is 53.5 Å². The molecule has 0 aromatic heterocycles. The number of aryl methyl sites for hydroxylation is 1. The minimum atomic E-state index is -1.42. The Morgan fingerprint density at radius 2 is 2.00 bits per heavy atom. The van der Waals surface area contributed by atoms with Gasteiger partial charge in [-0.25, -0.2) is 4.39 Å². The maximum atomic E-state index is 14.9. The monoisotopic (exact) mass is 435 g/mol. The lowest BCUT2D eigenvalue weighted by Gasteiger charge is -2.05. The quantitative estimate of drug-likeness (QED) is 0.306. The molecule has 2 atom stereocenters. The third-order valence-electron chi connectivity index (χ3n) is 4.62. The molecule has 0 aliphatic heterocycles. The number of amides is 1. The first-order valence-electron chi connectivity index (χ1n) is 8.82. The summed E-state index contributed by atoms with van der Waals surface area (Å²) in [5.41, 5.74) is 1.18. The number of benzene rings is 2. The van der Waals surface area contributed by atoms with Crippen LogP contribution in [0.2, 0.25) is 10.0 Å². The van der Waals surface area contributed by atoms with Crippen LogP contribution >= 0.6 is 35.1 Å². The van der Waals surface area contributed by atoms with Gasteiger partial charge in [-0.15, -0.1) is 0 Å². The number of hydrogen-bond donors (Lipinski definition) is 1. The summed E-state index contributed by atoms with van der Waals surface area (Å²) in [4.78, 5) is 13.1. The Kier molecular flexibility index (Phi) is 6.54. The molecule has 3 rings (SSSR count). The molecule has 0 saturated heterocycles. The van der Waals surface area contributed by atoms with Gasteiger partial charge in [-0.3, -0.25) is 9.52 Å². The molecule has 6 heteroatoms. The molecule has 2 aromatic carbocycles. The molecular weight excluding hydrogens is 416 g/mol. The lowest BCUT2D eigenvalue weighted by Crippen LogP contribution is -2.12. The molecule has 28 heavy (non-hydrogen) atoms. The zero-order valence-electron chi connectivity index (χ0n) is 15.5. The number of hydrogen-bond acceptors (Lipinski definition) is 2. The van der Waals surface area contributed by atoms with Gasteiger partial charge in [0.05, 0.1) is 10.0 Å². The predicted molar refractivity (Wildman–Crippen MR) is 116 cm³/mol. The Balaban J connectivity index is 1.57. The second-order valence-corrected chi connectivity index (χ2v) is 8.58. The fourth-order valence-corrected chi connectivity index (χ4v) is 3.84. The number of rotatable bonds is 6. The molecule has 1 fully saturated rings. The van der Waals surface area contributed by atoms with E-state index in [4.69, 9.17) is 23.2 Å². The molecule has 1 saturated carbocycles. The molecule has 0 spiro atoms. The Labute approximate surface area is 178 Å². The summed E-state index contributed by atoms with van der Waals surface area (Å²) in [6.07, 6.45) is 5.02. The van der Waals surface area contributed by atoms with Crippen LogP contribution in [0.25, 0.3) is 0 Å². The van der Waals surface area contributed by atoms with Crippen molar-refractivity contribution < 1.29 is 9.18 Å². The zero-order chi connectivity index (χ0) is 20.3. The van der Waals surface area contributed by atoms with E-state index in [9.17, 15) is 9.18 Å². The van der Waals surface area contributed by atoms with E-state index in [1.54, 1.807) is 31.2 Å². The Hall–Kier alpha value is -1.75. The summed E-state index contributed by atoms with van der Waals surface area (Å²) in [5, 5.41) is 0.885. The highest BCUT2D eigenvalue weighted by molar-refractivity contribution is 7.98. The number of halogens is 3. The standard InChI is InChI=1S/C22H20Cl2FNOS/c1-14(11-21(27)26-28-20-6-4-3-5-15(20)2)9-10-22(25)13-17(22)16-7-8-18(23)19(24)12-16/h3-12,17H,13H2,1-2H3,(H,26,27)/t17?,22-/m0/s1. The Bertz CT molecular complexity index is 959. The van der Waals surface area contributed by atoms with Crippen LogP contribution in [-0.2, 0) is 4.79 Å². The van der Waals surface area contributed by atoms with Crippen molar-refractivity contribution in [1.82, 2.24) is 4.72 Å². The Morgan fingerprint density at radius 1 is 1.25 bits per heavy atom. The topological polar surface area (TPSA) is 29.1 Å². The summed E-state index contributed by atoms with van der Waals surface area (Å²) >= 11 is 13.2. The minimum Gasteiger partial charge on any atom is -0.292 e. The van der Waals surface area contributed by atoms with Crippen LogP contribution in [0, 0.1) is 6.92 Å². The van der Waals surface area contributed by atoms with E-state index in [1.165, 1.54) is 24.1 Å². The highest BCUT2D eigenvalue weighted by Crippen LogP contribution is 2.56. The van der Waals surface area contributed by atoms with Gasteiger partial charge in [0, 0.05) is 16.9 Å². The normalized spacial score (nSPS) is 21.8. The minimum absolute atomic E-state index is 0.236. The molecule has 2 aromatic rings. The maximum absolute atomic E-state index is 14.9. The zero-order valence-corrected chi connectivity index (χ0v) is 17.8. The van der Waals surface area contributed by atoms with Gasteiger partial charge in [-0.05, 0) is 73.2 Å². The highest BCUT2D eigenvalue weighted by Gasteiger charge is 2.54. The van der Waals surface area contributed by atoms with Crippen LogP contribution in [0.3, 0.4) is 0 Å². The molecule has 1 N–H and O–H groups in total. The number of alkyl halides is 1. The molecule has 0 bridgehead atoms. The van der Waals surface area contributed by atoms with Crippen molar-refractivity contribution in [2.45, 2.75) is 36.8 Å². The van der Waals surface area contributed by atoms with E-state index in [1.807, 2.05) is 31.2 Å². The Morgan fingerprint density at radius 3 is 2.71 bits per heavy atom. The van der Waals surface area contributed by atoms with Gasteiger partial charge < -0.3 is 0 Å². The molecule has 146 valence electrons. The fraction of sp³-hybridized carbons (Fsp3) is 0.227. The van der Waals surface area contributed by atoms with Crippen molar-refractivity contribution in [1.29, 1.82) is 0 Å². The third kappa shape index (κ3) is 5.19. The van der Waals surface area contributed by atoms with Gasteiger partial charge in [0.15, 0.2) is 0 Å². The average Bonchev–Trinajstić information content (AvgIpc) is 3.34. The van der Waals surface area contributed by atoms with Crippen molar-refractivity contribution in [3.8, 4) is 0 Å². The third-order valence-corrected chi connectivity index (χ3v) is 6.34. The van der Waals surface area contributed by atoms with Crippen LogP contribution in [0.4, 0.5) is 4.39 Å². The lowest BCUT2D eigenvalue weighted by molar-refractivity contribution is -0.114. The summed E-state index contributed by atoms with van der Waals surface area (Å²) in [7, 11) is 0. The van der Waals surface area contributed by atoms with E-state index in [0.29, 0.717) is 22.0 Å². The van der Waals surface area contributed by atoms with Crippen LogP contribution in [0.1, 0.15) is 30.4 Å². The van der Waals surface area contributed by atoms with Crippen LogP contribution in [-0.4, -0.2) is 11.6 Å². The van der Waals surface area contributed by atoms with Gasteiger partial charge in [0.2, 0.25) is 0 Å². The van der Waals surface area contributed by atoms with Crippen LogP contribution < -0.4 is 4.72 Å². The predicted octanol–water partition coefficient (Wildman–Crippen LogP) is 6.82. The molecule has 0 radical (unpaired) electrons. The second-order valence-electron chi connectivity index (χ2n) is 6.91. The lowest BCUT2D eigenvalue weighted by atomic mass is 10.1. The van der Waals surface area contributed by atoms with Crippen molar-refractivity contribution in [3.05, 3.63) is 87.4 Å². The molecule has 2 nitrogen and oxygen atoms in total. The van der Waals surface area contributed by atoms with Crippen molar-refractivity contribution in [2.24, 2.45) is 0 Å². The molecular formula is C22H20Cl2FNOS. The van der Waals surface area contributed by atoms with Crippen molar-refractivity contribution in [2.75, 3.05) is 0 Å². The maximum Gasteiger partial charge on any atom is 0.254 e. The summed E-state index contributed by atoms with van der Waals surface area (Å²) in [6, 6.07) is 13.0. The first-order valence-corrected chi connectivity index (χ1v) is 10.4. The van der Waals surface area contributed by atoms with Gasteiger partial charge in [-0.2, -0.15) is 0 Å². The van der Waals surface area contributed by atoms with Crippen molar-refractivity contribution in [3.63, 3.8) is 0 Å². The molecule has 1 unspecified atom stereocenters. The number of carbonyl (C=O) groups is 1. The van der Waals surface area contributed by atoms with E-state index in [2.05, 4.69) is 4.72 Å². The fourth-order valence-electron chi connectivity index (χ4n) is 2.89. The first kappa shape index (κ1) is 21.0. The van der Waals surface area contributed by atoms with E-state index in [0.717, 1.165) is 16.0 Å². The highest BCUT2D eigenvalue weighted by atomic mass is 35.5.